The van der Waals surface area contributed by atoms with Gasteiger partial charge in [-0.1, -0.05) is 34.1 Å². The Labute approximate surface area is 118 Å². The van der Waals surface area contributed by atoms with E-state index in [0.29, 0.717) is 6.04 Å². The summed E-state index contributed by atoms with van der Waals surface area (Å²) in [5.74, 6) is 0. The molecule has 0 spiro atoms. The molecule has 1 aromatic rings. The summed E-state index contributed by atoms with van der Waals surface area (Å²) in [6, 6.07) is 8.85. The monoisotopic (exact) mass is 312 g/mol. The van der Waals surface area contributed by atoms with Crippen LogP contribution in [0.25, 0.3) is 0 Å². The molecule has 1 aromatic carbocycles. The maximum absolute atomic E-state index is 5.37. The van der Waals surface area contributed by atoms with Crippen molar-refractivity contribution in [1.29, 1.82) is 0 Å². The fraction of sp³-hybridized carbons (Fsp3) is 0.571. The van der Waals surface area contributed by atoms with E-state index in [0.717, 1.165) is 39.3 Å². The Hall–Kier alpha value is -0.420. The maximum Gasteiger partial charge on any atom is 0.0594 e. The number of benzene rings is 1. The van der Waals surface area contributed by atoms with Gasteiger partial charge in [0.15, 0.2) is 0 Å². The topological polar surface area (TPSA) is 24.5 Å². The molecule has 1 aliphatic rings. The lowest BCUT2D eigenvalue weighted by atomic mass is 10.0. The fourth-order valence-corrected chi connectivity index (χ4v) is 2.91. The molecular formula is C14H21BrN2O. The van der Waals surface area contributed by atoms with Gasteiger partial charge in [-0.05, 0) is 25.1 Å². The van der Waals surface area contributed by atoms with Crippen LogP contribution in [-0.4, -0.2) is 44.8 Å². The number of morpholine rings is 1. The van der Waals surface area contributed by atoms with E-state index in [1.165, 1.54) is 10.0 Å². The van der Waals surface area contributed by atoms with Crippen LogP contribution in [0.15, 0.2) is 28.7 Å². The summed E-state index contributed by atoms with van der Waals surface area (Å²) < 4.78 is 6.56. The van der Waals surface area contributed by atoms with Crippen molar-refractivity contribution in [3.05, 3.63) is 34.3 Å². The quantitative estimate of drug-likeness (QED) is 0.903. The van der Waals surface area contributed by atoms with Gasteiger partial charge in [-0.25, -0.2) is 0 Å². The second kappa shape index (κ2) is 7.24. The van der Waals surface area contributed by atoms with Crippen LogP contribution in [0.2, 0.25) is 0 Å². The average molecular weight is 313 g/mol. The van der Waals surface area contributed by atoms with Crippen molar-refractivity contribution >= 4 is 15.9 Å². The van der Waals surface area contributed by atoms with Crippen LogP contribution in [-0.2, 0) is 4.74 Å². The normalized spacial score (nSPS) is 18.8. The molecule has 4 heteroatoms. The molecule has 0 bridgehead atoms. The van der Waals surface area contributed by atoms with E-state index in [2.05, 4.69) is 50.4 Å². The second-order valence-corrected chi connectivity index (χ2v) is 5.46. The first-order chi connectivity index (χ1) is 8.81. The van der Waals surface area contributed by atoms with Crippen molar-refractivity contribution in [3.8, 4) is 0 Å². The Kier molecular flexibility index (Phi) is 5.63. The van der Waals surface area contributed by atoms with Gasteiger partial charge in [-0.3, -0.25) is 4.90 Å². The van der Waals surface area contributed by atoms with Crippen LogP contribution in [0.1, 0.15) is 18.0 Å². The predicted molar refractivity (Wildman–Crippen MR) is 77.8 cm³/mol. The van der Waals surface area contributed by atoms with Crippen molar-refractivity contribution in [2.45, 2.75) is 12.5 Å². The summed E-state index contributed by atoms with van der Waals surface area (Å²) in [7, 11) is 2.03. The van der Waals surface area contributed by atoms with Gasteiger partial charge < -0.3 is 10.1 Å². The van der Waals surface area contributed by atoms with E-state index in [9.17, 15) is 0 Å². The molecule has 1 atom stereocenters. The Balaban J connectivity index is 1.91. The van der Waals surface area contributed by atoms with Crippen molar-refractivity contribution < 1.29 is 4.74 Å². The highest BCUT2D eigenvalue weighted by Crippen LogP contribution is 2.25. The third-order valence-corrected chi connectivity index (χ3v) is 4.19. The Morgan fingerprint density at radius 3 is 2.72 bits per heavy atom. The Morgan fingerprint density at radius 1 is 1.33 bits per heavy atom. The molecule has 0 saturated carbocycles. The van der Waals surface area contributed by atoms with Gasteiger partial charge >= 0.3 is 0 Å². The molecule has 0 aliphatic carbocycles. The number of nitrogens with zero attached hydrogens (tertiary/aromatic N) is 1. The van der Waals surface area contributed by atoms with E-state index >= 15 is 0 Å². The summed E-state index contributed by atoms with van der Waals surface area (Å²) in [6.07, 6.45) is 1.12. The summed E-state index contributed by atoms with van der Waals surface area (Å²) >= 11 is 3.63. The second-order valence-electron chi connectivity index (χ2n) is 4.61. The number of halogens is 1. The fourth-order valence-electron chi connectivity index (χ4n) is 2.35. The van der Waals surface area contributed by atoms with Crippen LogP contribution in [0.3, 0.4) is 0 Å². The molecule has 0 radical (unpaired) electrons. The van der Waals surface area contributed by atoms with Crippen LogP contribution in [0.4, 0.5) is 0 Å². The minimum Gasteiger partial charge on any atom is -0.379 e. The van der Waals surface area contributed by atoms with Crippen molar-refractivity contribution in [1.82, 2.24) is 10.2 Å². The van der Waals surface area contributed by atoms with E-state index < -0.39 is 0 Å². The SMILES string of the molecule is CNC(CCN1CCOCC1)c1ccccc1Br. The van der Waals surface area contributed by atoms with Gasteiger partial charge in [0, 0.05) is 30.1 Å². The van der Waals surface area contributed by atoms with Crippen molar-refractivity contribution in [2.75, 3.05) is 39.9 Å². The molecule has 18 heavy (non-hydrogen) atoms. The molecule has 100 valence electrons. The standard InChI is InChI=1S/C14H21BrN2O/c1-16-14(12-4-2-3-5-13(12)15)6-7-17-8-10-18-11-9-17/h2-5,14,16H,6-11H2,1H3. The molecular weight excluding hydrogens is 292 g/mol. The van der Waals surface area contributed by atoms with Crippen molar-refractivity contribution in [3.63, 3.8) is 0 Å². The molecule has 1 heterocycles. The van der Waals surface area contributed by atoms with Gasteiger partial charge in [0.25, 0.3) is 0 Å². The molecule has 3 nitrogen and oxygen atoms in total. The first-order valence-corrected chi connectivity index (χ1v) is 7.32. The average Bonchev–Trinajstić information content (AvgIpc) is 2.42. The summed E-state index contributed by atoms with van der Waals surface area (Å²) in [5.41, 5.74) is 1.34. The van der Waals surface area contributed by atoms with Gasteiger partial charge in [-0.15, -0.1) is 0 Å². The third kappa shape index (κ3) is 3.79. The summed E-state index contributed by atoms with van der Waals surface area (Å²) in [6.45, 7) is 4.99. The highest BCUT2D eigenvalue weighted by molar-refractivity contribution is 9.10. The van der Waals surface area contributed by atoms with Crippen LogP contribution in [0.5, 0.6) is 0 Å². The van der Waals surface area contributed by atoms with Crippen molar-refractivity contribution in [2.24, 2.45) is 0 Å². The minimum atomic E-state index is 0.406. The molecule has 1 saturated heterocycles. The maximum atomic E-state index is 5.37. The van der Waals surface area contributed by atoms with E-state index in [-0.39, 0.29) is 0 Å². The zero-order valence-electron chi connectivity index (χ0n) is 10.9. The molecule has 2 rings (SSSR count). The summed E-state index contributed by atoms with van der Waals surface area (Å²) in [5, 5.41) is 3.41. The zero-order valence-corrected chi connectivity index (χ0v) is 12.4. The highest BCUT2D eigenvalue weighted by atomic mass is 79.9. The number of rotatable bonds is 5. The lowest BCUT2D eigenvalue weighted by molar-refractivity contribution is 0.0362. The molecule has 1 N–H and O–H groups in total. The largest absolute Gasteiger partial charge is 0.379 e. The van der Waals surface area contributed by atoms with E-state index in [4.69, 9.17) is 4.74 Å². The number of hydrogen-bond acceptors (Lipinski definition) is 3. The van der Waals surface area contributed by atoms with Crippen LogP contribution < -0.4 is 5.32 Å². The zero-order chi connectivity index (χ0) is 12.8. The van der Waals surface area contributed by atoms with Gasteiger partial charge in [-0.2, -0.15) is 0 Å². The number of hydrogen-bond donors (Lipinski definition) is 1. The first-order valence-electron chi connectivity index (χ1n) is 6.53. The minimum absolute atomic E-state index is 0.406. The van der Waals surface area contributed by atoms with Gasteiger partial charge in [0.1, 0.15) is 0 Å². The van der Waals surface area contributed by atoms with Crippen LogP contribution in [0, 0.1) is 0 Å². The van der Waals surface area contributed by atoms with E-state index in [1.54, 1.807) is 0 Å². The highest BCUT2D eigenvalue weighted by Gasteiger charge is 2.15. The lowest BCUT2D eigenvalue weighted by Gasteiger charge is -2.28. The summed E-state index contributed by atoms with van der Waals surface area (Å²) in [4.78, 5) is 2.48. The van der Waals surface area contributed by atoms with Crippen LogP contribution >= 0.6 is 15.9 Å². The first kappa shape index (κ1) is 14.0. The van der Waals surface area contributed by atoms with E-state index in [1.807, 2.05) is 7.05 Å². The van der Waals surface area contributed by atoms with Gasteiger partial charge in [0.2, 0.25) is 0 Å². The lowest BCUT2D eigenvalue weighted by Crippen LogP contribution is -2.38. The van der Waals surface area contributed by atoms with Gasteiger partial charge in [0.05, 0.1) is 13.2 Å². The Morgan fingerprint density at radius 2 is 2.06 bits per heavy atom. The third-order valence-electron chi connectivity index (χ3n) is 3.47. The number of nitrogens with one attached hydrogen (secondary N) is 1. The molecule has 1 unspecified atom stereocenters. The molecule has 1 aliphatic heterocycles. The predicted octanol–water partition coefficient (Wildman–Crippen LogP) is 2.43. The Bertz CT molecular complexity index is 367. The number of ether oxygens (including phenoxy) is 1. The molecule has 1 fully saturated rings. The molecule has 0 amide bonds. The smallest absolute Gasteiger partial charge is 0.0594 e. The molecule has 0 aromatic heterocycles.